The Bertz CT molecular complexity index is 859. The van der Waals surface area contributed by atoms with Crippen LogP contribution in [-0.2, 0) is 5.75 Å². The predicted molar refractivity (Wildman–Crippen MR) is 82.3 cm³/mol. The lowest BCUT2D eigenvalue weighted by atomic mass is 10.1. The zero-order valence-corrected chi connectivity index (χ0v) is 11.8. The third kappa shape index (κ3) is 1.83. The summed E-state index contributed by atoms with van der Waals surface area (Å²) in [5, 5.41) is 11.2. The van der Waals surface area contributed by atoms with Gasteiger partial charge in [0.15, 0.2) is 0 Å². The van der Waals surface area contributed by atoms with Crippen LogP contribution in [0, 0.1) is 10.1 Å². The smallest absolute Gasteiger partial charge is 0.275 e. The second-order valence-electron chi connectivity index (χ2n) is 4.87. The SMILES string of the molecule is O=[N+]([O-])c1ccccc1[C@H]1SCc2nc3ccccc3n21. The second-order valence-corrected chi connectivity index (χ2v) is 5.93. The second kappa shape index (κ2) is 4.60. The van der Waals surface area contributed by atoms with Gasteiger partial charge in [-0.05, 0) is 18.2 Å². The number of thioether (sulfide) groups is 1. The Morgan fingerprint density at radius 2 is 1.95 bits per heavy atom. The van der Waals surface area contributed by atoms with Crippen molar-refractivity contribution in [2.24, 2.45) is 0 Å². The van der Waals surface area contributed by atoms with E-state index < -0.39 is 0 Å². The number of nitro benzene ring substituents is 1. The summed E-state index contributed by atoms with van der Waals surface area (Å²) in [6, 6.07) is 14.9. The highest BCUT2D eigenvalue weighted by molar-refractivity contribution is 7.99. The Morgan fingerprint density at radius 3 is 2.81 bits per heavy atom. The molecule has 6 heteroatoms. The Kier molecular flexibility index (Phi) is 2.71. The first-order valence-corrected chi connectivity index (χ1v) is 7.61. The van der Waals surface area contributed by atoms with Gasteiger partial charge < -0.3 is 4.57 Å². The summed E-state index contributed by atoms with van der Waals surface area (Å²) >= 11 is 1.67. The van der Waals surface area contributed by atoms with Gasteiger partial charge in [0.2, 0.25) is 0 Å². The van der Waals surface area contributed by atoms with Crippen molar-refractivity contribution in [2.75, 3.05) is 0 Å². The van der Waals surface area contributed by atoms with Crippen LogP contribution in [0.5, 0.6) is 0 Å². The van der Waals surface area contributed by atoms with Gasteiger partial charge in [-0.15, -0.1) is 11.8 Å². The number of imidazole rings is 1. The topological polar surface area (TPSA) is 61.0 Å². The number of rotatable bonds is 2. The number of fused-ring (bicyclic) bond motifs is 3. The molecular weight excluding hydrogens is 286 g/mol. The molecular formula is C15H11N3O2S. The molecule has 2 heterocycles. The fourth-order valence-corrected chi connectivity index (χ4v) is 4.05. The van der Waals surface area contributed by atoms with Crippen LogP contribution in [0.25, 0.3) is 11.0 Å². The fourth-order valence-electron chi connectivity index (χ4n) is 2.78. The van der Waals surface area contributed by atoms with Crippen LogP contribution in [0.3, 0.4) is 0 Å². The summed E-state index contributed by atoms with van der Waals surface area (Å²) in [7, 11) is 0. The molecule has 0 fully saturated rings. The quantitative estimate of drug-likeness (QED) is 0.534. The number of benzene rings is 2. The molecule has 5 nitrogen and oxygen atoms in total. The minimum Gasteiger partial charge on any atom is -0.310 e. The molecule has 0 unspecified atom stereocenters. The van der Waals surface area contributed by atoms with Crippen LogP contribution >= 0.6 is 11.8 Å². The maximum atomic E-state index is 11.3. The molecule has 21 heavy (non-hydrogen) atoms. The van der Waals surface area contributed by atoms with E-state index in [1.54, 1.807) is 23.9 Å². The molecule has 0 saturated carbocycles. The van der Waals surface area contributed by atoms with E-state index in [2.05, 4.69) is 9.55 Å². The number of nitrogens with zero attached hydrogens (tertiary/aromatic N) is 3. The summed E-state index contributed by atoms with van der Waals surface area (Å²) < 4.78 is 2.11. The Labute approximate surface area is 124 Å². The summed E-state index contributed by atoms with van der Waals surface area (Å²) in [5.74, 6) is 1.75. The van der Waals surface area contributed by atoms with E-state index in [4.69, 9.17) is 0 Å². The third-order valence-electron chi connectivity index (χ3n) is 3.67. The van der Waals surface area contributed by atoms with Crippen LogP contribution in [-0.4, -0.2) is 14.5 Å². The molecule has 0 radical (unpaired) electrons. The number of hydrogen-bond donors (Lipinski definition) is 0. The van der Waals surface area contributed by atoms with Crippen molar-refractivity contribution in [3.05, 3.63) is 70.0 Å². The molecule has 104 valence electrons. The van der Waals surface area contributed by atoms with Crippen molar-refractivity contribution in [2.45, 2.75) is 11.1 Å². The molecule has 1 aliphatic heterocycles. The molecule has 0 aliphatic carbocycles. The van der Waals surface area contributed by atoms with Crippen molar-refractivity contribution in [3.8, 4) is 0 Å². The van der Waals surface area contributed by atoms with Gasteiger partial charge in [0.1, 0.15) is 11.2 Å². The van der Waals surface area contributed by atoms with Gasteiger partial charge in [-0.25, -0.2) is 4.98 Å². The number of aromatic nitrogens is 2. The summed E-state index contributed by atoms with van der Waals surface area (Å²) in [6.45, 7) is 0. The number of hydrogen-bond acceptors (Lipinski definition) is 4. The van der Waals surface area contributed by atoms with Crippen LogP contribution in [0.1, 0.15) is 16.8 Å². The molecule has 0 N–H and O–H groups in total. The van der Waals surface area contributed by atoms with Gasteiger partial charge in [-0.1, -0.05) is 24.3 Å². The van der Waals surface area contributed by atoms with E-state index in [0.29, 0.717) is 0 Å². The van der Waals surface area contributed by atoms with Crippen LogP contribution in [0.2, 0.25) is 0 Å². The van der Waals surface area contributed by atoms with E-state index in [9.17, 15) is 10.1 Å². The fraction of sp³-hybridized carbons (Fsp3) is 0.133. The van der Waals surface area contributed by atoms with Crippen molar-refractivity contribution < 1.29 is 4.92 Å². The zero-order chi connectivity index (χ0) is 14.4. The molecule has 0 spiro atoms. The highest BCUT2D eigenvalue weighted by Gasteiger charge is 2.31. The molecule has 0 bridgehead atoms. The van der Waals surface area contributed by atoms with E-state index in [1.165, 1.54) is 0 Å². The Balaban J connectivity index is 1.93. The predicted octanol–water partition coefficient (Wildman–Crippen LogP) is 3.74. The normalized spacial score (nSPS) is 17.0. The molecule has 1 atom stereocenters. The van der Waals surface area contributed by atoms with Gasteiger partial charge in [-0.2, -0.15) is 0 Å². The Morgan fingerprint density at radius 1 is 1.19 bits per heavy atom. The van der Waals surface area contributed by atoms with E-state index in [-0.39, 0.29) is 16.0 Å². The number of nitro groups is 1. The first-order chi connectivity index (χ1) is 10.3. The molecule has 1 aromatic heterocycles. The largest absolute Gasteiger partial charge is 0.310 e. The van der Waals surface area contributed by atoms with Crippen molar-refractivity contribution >= 4 is 28.5 Å². The lowest BCUT2D eigenvalue weighted by Gasteiger charge is -2.14. The van der Waals surface area contributed by atoms with Gasteiger partial charge in [0, 0.05) is 6.07 Å². The van der Waals surface area contributed by atoms with E-state index in [1.807, 2.05) is 36.4 Å². The van der Waals surface area contributed by atoms with Crippen LogP contribution in [0.4, 0.5) is 5.69 Å². The molecule has 0 saturated heterocycles. The van der Waals surface area contributed by atoms with Gasteiger partial charge in [0.05, 0.1) is 27.3 Å². The van der Waals surface area contributed by atoms with Crippen molar-refractivity contribution in [1.82, 2.24) is 9.55 Å². The van der Waals surface area contributed by atoms with E-state index >= 15 is 0 Å². The molecule has 4 rings (SSSR count). The highest BCUT2D eigenvalue weighted by Crippen LogP contribution is 2.45. The standard InChI is InChI=1S/C15H11N3O2S/c19-18(20)12-7-3-1-5-10(12)15-17-13-8-4-2-6-11(13)16-14(17)9-21-15/h1-8,15H,9H2/t15-/m1/s1. The monoisotopic (exact) mass is 297 g/mol. The van der Waals surface area contributed by atoms with Crippen molar-refractivity contribution in [1.29, 1.82) is 0 Å². The van der Waals surface area contributed by atoms with Gasteiger partial charge in [0.25, 0.3) is 5.69 Å². The molecule has 2 aromatic carbocycles. The lowest BCUT2D eigenvalue weighted by molar-refractivity contribution is -0.385. The summed E-state index contributed by atoms with van der Waals surface area (Å²) in [4.78, 5) is 15.6. The van der Waals surface area contributed by atoms with E-state index in [0.717, 1.165) is 28.2 Å². The van der Waals surface area contributed by atoms with Crippen molar-refractivity contribution in [3.63, 3.8) is 0 Å². The summed E-state index contributed by atoms with van der Waals surface area (Å²) in [5.41, 5.74) is 2.87. The first-order valence-electron chi connectivity index (χ1n) is 6.56. The first kappa shape index (κ1) is 12.4. The minimum atomic E-state index is -0.312. The van der Waals surface area contributed by atoms with Gasteiger partial charge in [-0.3, -0.25) is 10.1 Å². The molecule has 1 aliphatic rings. The average molecular weight is 297 g/mol. The molecule has 0 amide bonds. The zero-order valence-electron chi connectivity index (χ0n) is 11.0. The number of para-hydroxylation sites is 3. The molecule has 3 aromatic rings. The maximum absolute atomic E-state index is 11.3. The van der Waals surface area contributed by atoms with Crippen LogP contribution < -0.4 is 0 Å². The Hall–Kier alpha value is -2.34. The maximum Gasteiger partial charge on any atom is 0.275 e. The average Bonchev–Trinajstić information content (AvgIpc) is 3.06. The lowest BCUT2D eigenvalue weighted by Crippen LogP contribution is -2.06. The van der Waals surface area contributed by atoms with Gasteiger partial charge >= 0.3 is 0 Å². The highest BCUT2D eigenvalue weighted by atomic mass is 32.2. The minimum absolute atomic E-state index is 0.0889. The van der Waals surface area contributed by atoms with Crippen LogP contribution in [0.15, 0.2) is 48.5 Å². The third-order valence-corrected chi connectivity index (χ3v) is 4.88. The summed E-state index contributed by atoms with van der Waals surface area (Å²) in [6.07, 6.45) is 0.